The summed E-state index contributed by atoms with van der Waals surface area (Å²) in [5.41, 5.74) is 13.3. The van der Waals surface area contributed by atoms with Gasteiger partial charge in [0.1, 0.15) is 0 Å². The molecule has 0 fully saturated rings. The van der Waals surface area contributed by atoms with E-state index < -0.39 is 0 Å². The first kappa shape index (κ1) is 34.4. The number of benzene rings is 3. The second kappa shape index (κ2) is 13.7. The predicted octanol–water partition coefficient (Wildman–Crippen LogP) is 10.1. The van der Waals surface area contributed by atoms with Crippen LogP contribution in [0.4, 0.5) is 0 Å². The average molecular weight is 683 g/mol. The zero-order chi connectivity index (χ0) is 33.3. The van der Waals surface area contributed by atoms with Crippen LogP contribution in [-0.4, -0.2) is 3.21 Å². The third kappa shape index (κ3) is 6.34. The van der Waals surface area contributed by atoms with Gasteiger partial charge < -0.3 is 0 Å². The van der Waals surface area contributed by atoms with Gasteiger partial charge in [-0.1, -0.05) is 121 Å². The van der Waals surface area contributed by atoms with Gasteiger partial charge in [-0.2, -0.15) is 0 Å². The second-order valence-corrected chi connectivity index (χ2v) is 16.1. The van der Waals surface area contributed by atoms with E-state index in [0.717, 1.165) is 25.7 Å². The van der Waals surface area contributed by atoms with Gasteiger partial charge in [-0.05, 0) is 41.9 Å². The maximum absolute atomic E-state index is 3.99. The van der Waals surface area contributed by atoms with Crippen LogP contribution in [-0.2, 0) is 36.1 Å². The summed E-state index contributed by atoms with van der Waals surface area (Å²) in [6.45, 7) is 21.3. The number of fused-ring (bicyclic) bond motifs is 2. The predicted molar refractivity (Wildman–Crippen MR) is 196 cm³/mol. The van der Waals surface area contributed by atoms with Crippen molar-refractivity contribution in [3.63, 3.8) is 0 Å². The third-order valence-electron chi connectivity index (χ3n) is 10.2. The summed E-state index contributed by atoms with van der Waals surface area (Å²) in [7, 11) is 0. The molecule has 0 nitrogen and oxygen atoms in total. The van der Waals surface area contributed by atoms with E-state index in [-0.39, 0.29) is 16.2 Å². The SMILES string of the molecule is CCC1=CC2=c3c(CC)cc(C(C)(C)C)cc3=[C-]C2=C(C2=CC=CC2)C1(CC)C(C)(C)C.[Zr]=[C](c1ccccc1)c1ccccc1. The van der Waals surface area contributed by atoms with E-state index in [2.05, 4.69) is 165 Å². The molecule has 0 amide bonds. The van der Waals surface area contributed by atoms with E-state index in [0.29, 0.717) is 0 Å². The van der Waals surface area contributed by atoms with Gasteiger partial charge in [0.2, 0.25) is 0 Å². The molecule has 0 bridgehead atoms. The molecule has 0 N–H and O–H groups in total. The fraction of sp³-hybridized carbons (Fsp3) is 0.356. The van der Waals surface area contributed by atoms with Crippen LogP contribution in [0.1, 0.15) is 104 Å². The van der Waals surface area contributed by atoms with Crippen LogP contribution in [0.2, 0.25) is 0 Å². The summed E-state index contributed by atoms with van der Waals surface area (Å²) in [4.78, 5) is 0. The van der Waals surface area contributed by atoms with Crippen molar-refractivity contribution < 1.29 is 24.2 Å². The minimum atomic E-state index is 0.0344. The zero-order valence-electron chi connectivity index (χ0n) is 29.6. The standard InChI is InChI=1S/C32H41.C13H10.Zr/c1-10-21-17-25(30(4,5)6)18-23-19-27-26(28(21)23)20-24(11-2)32(12-3,31(7,8)9)29(27)22-15-13-14-16-22;1-3-7-12(8-4-1)11-13-9-5-2-6-10-13;/h13-15,17-18,20H,10-12,16H2,1-9H3;1-10H;/q-1;;. The van der Waals surface area contributed by atoms with Gasteiger partial charge in [0.15, 0.2) is 0 Å². The molecule has 0 spiro atoms. The van der Waals surface area contributed by atoms with Crippen LogP contribution in [0.25, 0.3) is 11.6 Å². The molecule has 3 aliphatic rings. The Hall–Kier alpha value is -2.89. The number of rotatable bonds is 6. The molecule has 3 aliphatic carbocycles. The van der Waals surface area contributed by atoms with E-state index in [4.69, 9.17) is 0 Å². The Labute approximate surface area is 293 Å². The summed E-state index contributed by atoms with van der Waals surface area (Å²) in [6, 6.07) is 26.0. The van der Waals surface area contributed by atoms with E-state index in [1.54, 1.807) is 11.1 Å². The molecular weight excluding hydrogens is 632 g/mol. The van der Waals surface area contributed by atoms with E-state index in [1.165, 1.54) is 76.9 Å². The van der Waals surface area contributed by atoms with Crippen molar-refractivity contribution in [1.82, 2.24) is 0 Å². The minimum absolute atomic E-state index is 0.0344. The number of hydrogen-bond acceptors (Lipinski definition) is 0. The molecule has 236 valence electrons. The summed E-state index contributed by atoms with van der Waals surface area (Å²) in [5.74, 6) is 0. The monoisotopic (exact) mass is 681 g/mol. The van der Waals surface area contributed by atoms with Crippen molar-refractivity contribution in [3.05, 3.63) is 152 Å². The molecule has 6 rings (SSSR count). The van der Waals surface area contributed by atoms with Crippen molar-refractivity contribution in [2.75, 3.05) is 0 Å². The first-order valence-corrected chi connectivity index (χ1v) is 18.4. The zero-order valence-corrected chi connectivity index (χ0v) is 32.0. The third-order valence-corrected chi connectivity index (χ3v) is 11.6. The Morgan fingerprint density at radius 2 is 1.43 bits per heavy atom. The summed E-state index contributed by atoms with van der Waals surface area (Å²) < 4.78 is 1.42. The van der Waals surface area contributed by atoms with Gasteiger partial charge in [-0.3, -0.25) is 0 Å². The van der Waals surface area contributed by atoms with Gasteiger partial charge in [0.25, 0.3) is 0 Å². The van der Waals surface area contributed by atoms with E-state index >= 15 is 0 Å². The quantitative estimate of drug-likeness (QED) is 0.227. The normalized spacial score (nSPS) is 18.7. The Kier molecular flexibility index (Phi) is 10.3. The van der Waals surface area contributed by atoms with Gasteiger partial charge in [-0.15, -0.1) is 33.7 Å². The Morgan fingerprint density at radius 1 is 0.826 bits per heavy atom. The molecule has 0 saturated carbocycles. The molecule has 1 atom stereocenters. The van der Waals surface area contributed by atoms with Crippen LogP contribution in [0.15, 0.2) is 119 Å². The summed E-state index contributed by atoms with van der Waals surface area (Å²) in [6.07, 6.45) is 17.8. The molecule has 3 aromatic rings. The van der Waals surface area contributed by atoms with Crippen LogP contribution < -0.4 is 10.4 Å². The molecule has 0 saturated heterocycles. The van der Waals surface area contributed by atoms with Crippen molar-refractivity contribution in [2.45, 2.75) is 93.4 Å². The Bertz CT molecular complexity index is 1820. The fourth-order valence-corrected chi connectivity index (χ4v) is 8.63. The van der Waals surface area contributed by atoms with E-state index in [9.17, 15) is 0 Å². The van der Waals surface area contributed by atoms with Crippen molar-refractivity contribution in [2.24, 2.45) is 10.8 Å². The topological polar surface area (TPSA) is 0 Å². The Morgan fingerprint density at radius 3 is 1.89 bits per heavy atom. The first-order valence-electron chi connectivity index (χ1n) is 17.2. The number of hydrogen-bond donors (Lipinski definition) is 0. The van der Waals surface area contributed by atoms with Gasteiger partial charge in [0, 0.05) is 0 Å². The number of allylic oxidation sites excluding steroid dienone is 8. The molecule has 0 heterocycles. The maximum atomic E-state index is 3.99. The molecule has 1 unspecified atom stereocenters. The van der Waals surface area contributed by atoms with Crippen LogP contribution >= 0.6 is 0 Å². The van der Waals surface area contributed by atoms with Gasteiger partial charge in [-0.25, -0.2) is 0 Å². The molecule has 1 heteroatoms. The second-order valence-electron chi connectivity index (χ2n) is 14.9. The van der Waals surface area contributed by atoms with E-state index in [1.807, 2.05) is 0 Å². The van der Waals surface area contributed by atoms with Crippen LogP contribution in [0, 0.1) is 10.8 Å². The Balaban J connectivity index is 0.000000247. The van der Waals surface area contributed by atoms with Crippen molar-refractivity contribution >= 4 is 14.9 Å². The van der Waals surface area contributed by atoms with Gasteiger partial charge >= 0.3 is 99.2 Å². The number of aryl methyl sites for hydroxylation is 1. The van der Waals surface area contributed by atoms with Gasteiger partial charge in [0.05, 0.1) is 0 Å². The molecule has 3 aromatic carbocycles. The summed E-state index contributed by atoms with van der Waals surface area (Å²) >= 11 is 1.46. The van der Waals surface area contributed by atoms with Crippen LogP contribution in [0.5, 0.6) is 0 Å². The average Bonchev–Trinajstić information content (AvgIpc) is 3.71. The molecule has 46 heavy (non-hydrogen) atoms. The molecule has 0 radical (unpaired) electrons. The molecular formula is C45H51Zr-. The van der Waals surface area contributed by atoms with Crippen LogP contribution in [0.3, 0.4) is 0 Å². The van der Waals surface area contributed by atoms with Crippen molar-refractivity contribution in [1.29, 1.82) is 0 Å². The molecule has 0 aliphatic heterocycles. The first-order chi connectivity index (χ1) is 21.9. The summed E-state index contributed by atoms with van der Waals surface area (Å²) in [5, 5.41) is 2.74. The fourth-order valence-electron chi connectivity index (χ4n) is 7.81. The molecule has 0 aromatic heterocycles. The van der Waals surface area contributed by atoms with Crippen molar-refractivity contribution in [3.8, 4) is 0 Å².